The third kappa shape index (κ3) is 3.99. The topological polar surface area (TPSA) is 24.1 Å². The Balaban J connectivity index is 2.03. The van der Waals surface area contributed by atoms with Crippen molar-refractivity contribution in [3.63, 3.8) is 0 Å². The van der Waals surface area contributed by atoms with E-state index in [1.165, 1.54) is 16.0 Å². The largest absolute Gasteiger partial charge is 0.332 e. The molecule has 0 radical (unpaired) electrons. The van der Waals surface area contributed by atoms with E-state index in [-0.39, 0.29) is 0 Å². The number of rotatable bonds is 3. The van der Waals surface area contributed by atoms with E-state index >= 15 is 0 Å². The molecule has 0 spiro atoms. The summed E-state index contributed by atoms with van der Waals surface area (Å²) >= 11 is 7.06. The van der Waals surface area contributed by atoms with Crippen molar-refractivity contribution in [2.24, 2.45) is 0 Å². The summed E-state index contributed by atoms with van der Waals surface area (Å²) in [5.74, 6) is 0. The molecular weight excluding hydrogens is 284 g/mol. The van der Waals surface area contributed by atoms with Crippen LogP contribution in [-0.2, 0) is 0 Å². The van der Waals surface area contributed by atoms with Crippen LogP contribution in [0.5, 0.6) is 0 Å². The summed E-state index contributed by atoms with van der Waals surface area (Å²) in [6.45, 7) is 4.20. The van der Waals surface area contributed by atoms with Gasteiger partial charge in [0.05, 0.1) is 0 Å². The highest BCUT2D eigenvalue weighted by molar-refractivity contribution is 7.98. The molecule has 0 aliphatic rings. The van der Waals surface area contributed by atoms with Crippen LogP contribution in [0.2, 0.25) is 0 Å². The molecule has 4 heteroatoms. The van der Waals surface area contributed by atoms with Gasteiger partial charge in [-0.05, 0) is 73.8 Å². The van der Waals surface area contributed by atoms with Crippen LogP contribution in [0, 0.1) is 13.8 Å². The van der Waals surface area contributed by atoms with Crippen LogP contribution in [-0.4, -0.2) is 11.4 Å². The molecule has 0 bridgehead atoms. The van der Waals surface area contributed by atoms with E-state index in [2.05, 4.69) is 55.0 Å². The van der Waals surface area contributed by atoms with Crippen LogP contribution in [0.3, 0.4) is 0 Å². The zero-order valence-corrected chi connectivity index (χ0v) is 13.5. The minimum Gasteiger partial charge on any atom is -0.332 e. The van der Waals surface area contributed by atoms with E-state index in [9.17, 15) is 0 Å². The highest BCUT2D eigenvalue weighted by Crippen LogP contribution is 2.19. The molecule has 0 aromatic heterocycles. The number of hydrogen-bond donors (Lipinski definition) is 2. The van der Waals surface area contributed by atoms with Gasteiger partial charge in [0, 0.05) is 16.3 Å². The quantitative estimate of drug-likeness (QED) is 0.626. The highest BCUT2D eigenvalue weighted by Gasteiger charge is 2.01. The predicted octanol–water partition coefficient (Wildman–Crippen LogP) is 4.83. The lowest BCUT2D eigenvalue weighted by atomic mass is 10.1. The van der Waals surface area contributed by atoms with Crippen LogP contribution in [0.15, 0.2) is 47.4 Å². The minimum atomic E-state index is 0.603. The average Bonchev–Trinajstić information content (AvgIpc) is 2.43. The molecule has 2 aromatic carbocycles. The SMILES string of the molecule is CSc1cccc(NC(=S)Nc2ccc(C)c(C)c2)c1. The second-order valence-corrected chi connectivity index (χ2v) is 5.90. The predicted molar refractivity (Wildman–Crippen MR) is 94.0 cm³/mol. The van der Waals surface area contributed by atoms with Crippen LogP contribution < -0.4 is 10.6 Å². The number of nitrogens with one attached hydrogen (secondary N) is 2. The Morgan fingerprint density at radius 2 is 1.65 bits per heavy atom. The molecule has 0 amide bonds. The Bertz CT molecular complexity index is 624. The third-order valence-electron chi connectivity index (χ3n) is 3.09. The van der Waals surface area contributed by atoms with Crippen LogP contribution in [0.25, 0.3) is 0 Å². The number of aryl methyl sites for hydroxylation is 2. The standard InChI is InChI=1S/C16H18N2S2/c1-11-7-8-14(9-12(11)2)18-16(19)17-13-5-4-6-15(10-13)20-3/h4-10H,1-3H3,(H2,17,18,19). The highest BCUT2D eigenvalue weighted by atomic mass is 32.2. The van der Waals surface area contributed by atoms with E-state index < -0.39 is 0 Å². The number of thioether (sulfide) groups is 1. The minimum absolute atomic E-state index is 0.603. The molecule has 0 heterocycles. The Kier molecular flexibility index (Phi) is 5.04. The van der Waals surface area contributed by atoms with Crippen molar-refractivity contribution in [3.05, 3.63) is 53.6 Å². The fourth-order valence-corrected chi connectivity index (χ4v) is 2.51. The molecule has 2 nitrogen and oxygen atoms in total. The Hall–Kier alpha value is -1.52. The van der Waals surface area contributed by atoms with Crippen molar-refractivity contribution >= 4 is 40.5 Å². The summed E-state index contributed by atoms with van der Waals surface area (Å²) in [5.41, 5.74) is 4.54. The Labute approximate surface area is 130 Å². The van der Waals surface area contributed by atoms with Gasteiger partial charge < -0.3 is 10.6 Å². The summed E-state index contributed by atoms with van der Waals surface area (Å²) in [4.78, 5) is 1.21. The van der Waals surface area contributed by atoms with Gasteiger partial charge in [-0.15, -0.1) is 11.8 Å². The van der Waals surface area contributed by atoms with Gasteiger partial charge in [0.15, 0.2) is 5.11 Å². The molecule has 0 saturated heterocycles. The van der Waals surface area contributed by atoms with Crippen LogP contribution in [0.1, 0.15) is 11.1 Å². The number of benzene rings is 2. The van der Waals surface area contributed by atoms with Crippen molar-refractivity contribution in [1.29, 1.82) is 0 Å². The normalized spacial score (nSPS) is 10.2. The van der Waals surface area contributed by atoms with E-state index in [0.29, 0.717) is 5.11 Å². The maximum atomic E-state index is 5.34. The lowest BCUT2D eigenvalue weighted by molar-refractivity contribution is 1.34. The molecular formula is C16H18N2S2. The zero-order chi connectivity index (χ0) is 14.5. The molecule has 0 unspecified atom stereocenters. The third-order valence-corrected chi connectivity index (χ3v) is 4.02. The Morgan fingerprint density at radius 3 is 2.30 bits per heavy atom. The summed E-state index contributed by atoms with van der Waals surface area (Å²) in [5, 5.41) is 7.02. The zero-order valence-electron chi connectivity index (χ0n) is 11.9. The van der Waals surface area contributed by atoms with Gasteiger partial charge in [0.2, 0.25) is 0 Å². The summed E-state index contributed by atoms with van der Waals surface area (Å²) in [7, 11) is 0. The monoisotopic (exact) mass is 302 g/mol. The molecule has 0 saturated carbocycles. The average molecular weight is 302 g/mol. The molecule has 20 heavy (non-hydrogen) atoms. The molecule has 0 fully saturated rings. The van der Waals surface area contributed by atoms with Gasteiger partial charge in [-0.1, -0.05) is 12.1 Å². The maximum absolute atomic E-state index is 5.34. The first-order chi connectivity index (χ1) is 9.58. The smallest absolute Gasteiger partial charge is 0.175 e. The van der Waals surface area contributed by atoms with E-state index in [0.717, 1.165) is 11.4 Å². The first-order valence-electron chi connectivity index (χ1n) is 6.38. The fourth-order valence-electron chi connectivity index (χ4n) is 1.81. The summed E-state index contributed by atoms with van der Waals surface area (Å²) < 4.78 is 0. The Morgan fingerprint density at radius 1 is 0.950 bits per heavy atom. The lowest BCUT2D eigenvalue weighted by Gasteiger charge is -2.12. The van der Waals surface area contributed by atoms with Crippen molar-refractivity contribution in [2.45, 2.75) is 18.7 Å². The van der Waals surface area contributed by atoms with Gasteiger partial charge in [0.1, 0.15) is 0 Å². The molecule has 2 N–H and O–H groups in total. The molecule has 2 rings (SSSR count). The van der Waals surface area contributed by atoms with Crippen LogP contribution in [0.4, 0.5) is 11.4 Å². The first kappa shape index (κ1) is 14.9. The van der Waals surface area contributed by atoms with Crippen molar-refractivity contribution in [3.8, 4) is 0 Å². The van der Waals surface area contributed by atoms with Gasteiger partial charge >= 0.3 is 0 Å². The molecule has 104 valence electrons. The van der Waals surface area contributed by atoms with Crippen molar-refractivity contribution < 1.29 is 0 Å². The number of thiocarbonyl (C=S) groups is 1. The van der Waals surface area contributed by atoms with Gasteiger partial charge in [-0.3, -0.25) is 0 Å². The molecule has 0 aliphatic carbocycles. The van der Waals surface area contributed by atoms with Gasteiger partial charge in [0.25, 0.3) is 0 Å². The lowest BCUT2D eigenvalue weighted by Crippen LogP contribution is -2.19. The molecule has 2 aromatic rings. The van der Waals surface area contributed by atoms with Gasteiger partial charge in [-0.25, -0.2) is 0 Å². The van der Waals surface area contributed by atoms with Crippen LogP contribution >= 0.6 is 24.0 Å². The van der Waals surface area contributed by atoms with E-state index in [4.69, 9.17) is 12.2 Å². The second-order valence-electron chi connectivity index (χ2n) is 4.61. The van der Waals surface area contributed by atoms with Crippen molar-refractivity contribution in [1.82, 2.24) is 0 Å². The first-order valence-corrected chi connectivity index (χ1v) is 8.01. The number of hydrogen-bond acceptors (Lipinski definition) is 2. The van der Waals surface area contributed by atoms with Gasteiger partial charge in [-0.2, -0.15) is 0 Å². The molecule has 0 atom stereocenters. The van der Waals surface area contributed by atoms with Crippen molar-refractivity contribution in [2.75, 3.05) is 16.9 Å². The second kappa shape index (κ2) is 6.77. The summed E-state index contributed by atoms with van der Waals surface area (Å²) in [6.07, 6.45) is 2.06. The number of anilines is 2. The van der Waals surface area contributed by atoms with E-state index in [1.807, 2.05) is 18.2 Å². The maximum Gasteiger partial charge on any atom is 0.175 e. The molecule has 0 aliphatic heterocycles. The summed E-state index contributed by atoms with van der Waals surface area (Å²) in [6, 6.07) is 14.4. The van der Waals surface area contributed by atoms with E-state index in [1.54, 1.807) is 11.8 Å². The fraction of sp³-hybridized carbons (Fsp3) is 0.188.